The number of hydrogen-bond donors (Lipinski definition) is 1. The lowest BCUT2D eigenvalue weighted by atomic mass is 10.1. The van der Waals surface area contributed by atoms with Crippen LogP contribution in [0.2, 0.25) is 0 Å². The van der Waals surface area contributed by atoms with Gasteiger partial charge in [-0.25, -0.2) is 4.68 Å². The van der Waals surface area contributed by atoms with Crippen molar-refractivity contribution in [2.24, 2.45) is 0 Å². The van der Waals surface area contributed by atoms with Crippen LogP contribution in [0.4, 0.5) is 0 Å². The van der Waals surface area contributed by atoms with Crippen molar-refractivity contribution in [3.63, 3.8) is 0 Å². The fraction of sp³-hybridized carbons (Fsp3) is 0.312. The number of nitrogens with two attached hydrogens (primary N) is 1. The van der Waals surface area contributed by atoms with Crippen LogP contribution < -0.4 is 5.84 Å². The zero-order chi connectivity index (χ0) is 18.0. The van der Waals surface area contributed by atoms with Crippen molar-refractivity contribution in [3.05, 3.63) is 34.9 Å². The van der Waals surface area contributed by atoms with Gasteiger partial charge in [-0.3, -0.25) is 0 Å². The summed E-state index contributed by atoms with van der Waals surface area (Å²) in [6.45, 7) is 5.82. The van der Waals surface area contributed by atoms with Gasteiger partial charge in [-0.05, 0) is 43.2 Å². The third kappa shape index (κ3) is 2.96. The molecule has 0 unspecified atom stereocenters. The molecule has 0 atom stereocenters. The Labute approximate surface area is 149 Å². The van der Waals surface area contributed by atoms with Gasteiger partial charge in [-0.1, -0.05) is 13.8 Å². The average Bonchev–Trinajstić information content (AvgIpc) is 3.20. The van der Waals surface area contributed by atoms with Crippen molar-refractivity contribution in [1.82, 2.24) is 25.1 Å². The van der Waals surface area contributed by atoms with Crippen molar-refractivity contribution in [2.45, 2.75) is 43.8 Å². The number of aryl methyl sites for hydroxylation is 2. The first-order chi connectivity index (χ1) is 12.1. The minimum absolute atomic E-state index is 0.424. The molecule has 0 aromatic carbocycles. The molecule has 0 aliphatic heterocycles. The molecular formula is C16H17N7OS. The number of nitriles is 1. The second-order valence-electron chi connectivity index (χ2n) is 5.29. The summed E-state index contributed by atoms with van der Waals surface area (Å²) in [4.78, 5) is 0. The van der Waals surface area contributed by atoms with E-state index in [-0.39, 0.29) is 0 Å². The van der Waals surface area contributed by atoms with E-state index in [1.165, 1.54) is 16.4 Å². The molecule has 9 heteroatoms. The standard InChI is InChI=1S/C16H17N7OS/c1-4-10-12(8-17)15(21-19-13(10)5-2)25-16-22-20-14(23(16)18)11-6-7-24-9(11)3/h6-7H,4-5,18H2,1-3H3. The second-order valence-corrected chi connectivity index (χ2v) is 6.25. The number of hydrogen-bond acceptors (Lipinski definition) is 8. The van der Waals surface area contributed by atoms with Gasteiger partial charge in [0, 0.05) is 0 Å². The molecule has 0 saturated heterocycles. The lowest BCUT2D eigenvalue weighted by Gasteiger charge is -2.09. The number of furan rings is 1. The maximum absolute atomic E-state index is 9.57. The first-order valence-corrected chi connectivity index (χ1v) is 8.63. The molecule has 0 radical (unpaired) electrons. The van der Waals surface area contributed by atoms with E-state index < -0.39 is 0 Å². The van der Waals surface area contributed by atoms with E-state index in [1.54, 1.807) is 12.3 Å². The molecule has 3 aromatic rings. The average molecular weight is 355 g/mol. The van der Waals surface area contributed by atoms with Crippen molar-refractivity contribution in [3.8, 4) is 17.5 Å². The van der Waals surface area contributed by atoms with Crippen LogP contribution in [0, 0.1) is 18.3 Å². The lowest BCUT2D eigenvalue weighted by molar-refractivity contribution is 0.535. The van der Waals surface area contributed by atoms with Crippen molar-refractivity contribution < 1.29 is 4.42 Å². The van der Waals surface area contributed by atoms with Gasteiger partial charge in [0.15, 0.2) is 5.82 Å². The zero-order valence-electron chi connectivity index (χ0n) is 14.1. The summed E-state index contributed by atoms with van der Waals surface area (Å²) in [5, 5.41) is 27.1. The lowest BCUT2D eigenvalue weighted by Crippen LogP contribution is -2.12. The van der Waals surface area contributed by atoms with Gasteiger partial charge in [0.05, 0.1) is 23.1 Å². The number of nitrogens with zero attached hydrogens (tertiary/aromatic N) is 6. The van der Waals surface area contributed by atoms with Crippen LogP contribution in [0.3, 0.4) is 0 Å². The predicted octanol–water partition coefficient (Wildman–Crippen LogP) is 2.50. The van der Waals surface area contributed by atoms with Crippen molar-refractivity contribution in [1.29, 1.82) is 5.26 Å². The summed E-state index contributed by atoms with van der Waals surface area (Å²) >= 11 is 1.18. The molecule has 25 heavy (non-hydrogen) atoms. The van der Waals surface area contributed by atoms with Crippen molar-refractivity contribution in [2.75, 3.05) is 5.84 Å². The number of rotatable bonds is 5. The van der Waals surface area contributed by atoms with Gasteiger partial charge in [-0.15, -0.1) is 15.3 Å². The van der Waals surface area contributed by atoms with E-state index in [9.17, 15) is 5.26 Å². The molecule has 8 nitrogen and oxygen atoms in total. The Morgan fingerprint density at radius 3 is 2.64 bits per heavy atom. The number of aromatic nitrogens is 5. The van der Waals surface area contributed by atoms with Crippen LogP contribution in [-0.4, -0.2) is 25.1 Å². The zero-order valence-corrected chi connectivity index (χ0v) is 15.0. The molecule has 3 aromatic heterocycles. The van der Waals surface area contributed by atoms with Gasteiger partial charge in [0.2, 0.25) is 5.16 Å². The first kappa shape index (κ1) is 17.0. The van der Waals surface area contributed by atoms with Crippen LogP contribution >= 0.6 is 11.8 Å². The number of nitrogen functional groups attached to an aromatic ring is 1. The molecule has 128 valence electrons. The highest BCUT2D eigenvalue weighted by Gasteiger charge is 2.20. The van der Waals surface area contributed by atoms with Crippen molar-refractivity contribution >= 4 is 11.8 Å². The normalized spacial score (nSPS) is 10.8. The van der Waals surface area contributed by atoms with Crippen LogP contribution in [-0.2, 0) is 12.8 Å². The molecule has 3 rings (SSSR count). The van der Waals surface area contributed by atoms with Crippen LogP contribution in [0.25, 0.3) is 11.4 Å². The largest absolute Gasteiger partial charge is 0.469 e. The second kappa shape index (κ2) is 6.94. The first-order valence-electron chi connectivity index (χ1n) is 7.81. The van der Waals surface area contributed by atoms with E-state index in [0.29, 0.717) is 33.8 Å². The van der Waals surface area contributed by atoms with E-state index in [4.69, 9.17) is 10.3 Å². The fourth-order valence-electron chi connectivity index (χ4n) is 2.57. The summed E-state index contributed by atoms with van der Waals surface area (Å²) < 4.78 is 6.65. The van der Waals surface area contributed by atoms with E-state index in [1.807, 2.05) is 20.8 Å². The topological polar surface area (TPSA) is 119 Å². The Bertz CT molecular complexity index is 954. The summed E-state index contributed by atoms with van der Waals surface area (Å²) in [5.74, 6) is 7.32. The molecular weight excluding hydrogens is 338 g/mol. The smallest absolute Gasteiger partial charge is 0.216 e. The summed E-state index contributed by atoms with van der Waals surface area (Å²) in [7, 11) is 0. The molecule has 0 saturated carbocycles. The van der Waals surface area contributed by atoms with E-state index in [2.05, 4.69) is 26.5 Å². The maximum atomic E-state index is 9.57. The van der Waals surface area contributed by atoms with Gasteiger partial charge >= 0.3 is 0 Å². The Morgan fingerprint density at radius 2 is 2.04 bits per heavy atom. The fourth-order valence-corrected chi connectivity index (χ4v) is 3.37. The predicted molar refractivity (Wildman–Crippen MR) is 92.2 cm³/mol. The summed E-state index contributed by atoms with van der Waals surface area (Å²) in [6.07, 6.45) is 3.01. The minimum atomic E-state index is 0.424. The third-order valence-corrected chi connectivity index (χ3v) is 4.82. The quantitative estimate of drug-likeness (QED) is 0.693. The van der Waals surface area contributed by atoms with E-state index in [0.717, 1.165) is 23.2 Å². The molecule has 0 fully saturated rings. The van der Waals surface area contributed by atoms with Crippen LogP contribution in [0.1, 0.15) is 36.4 Å². The molecule has 0 bridgehead atoms. The van der Waals surface area contributed by atoms with Gasteiger partial charge in [0.25, 0.3) is 0 Å². The molecule has 0 aliphatic rings. The van der Waals surface area contributed by atoms with Gasteiger partial charge in [-0.2, -0.15) is 10.4 Å². The van der Waals surface area contributed by atoms with Crippen LogP contribution in [0.15, 0.2) is 26.9 Å². The van der Waals surface area contributed by atoms with E-state index >= 15 is 0 Å². The highest BCUT2D eigenvalue weighted by molar-refractivity contribution is 7.99. The monoisotopic (exact) mass is 355 g/mol. The minimum Gasteiger partial charge on any atom is -0.469 e. The molecule has 0 amide bonds. The Balaban J connectivity index is 2.01. The van der Waals surface area contributed by atoms with Crippen LogP contribution in [0.5, 0.6) is 0 Å². The Kier molecular flexibility index (Phi) is 4.72. The molecule has 3 heterocycles. The highest BCUT2D eigenvalue weighted by atomic mass is 32.2. The third-order valence-electron chi connectivity index (χ3n) is 3.88. The maximum Gasteiger partial charge on any atom is 0.216 e. The van der Waals surface area contributed by atoms with Gasteiger partial charge in [0.1, 0.15) is 16.9 Å². The summed E-state index contributed by atoms with van der Waals surface area (Å²) in [6, 6.07) is 4.02. The Hall–Kier alpha value is -2.86. The highest BCUT2D eigenvalue weighted by Crippen LogP contribution is 2.31. The molecule has 0 spiro atoms. The Morgan fingerprint density at radius 1 is 1.24 bits per heavy atom. The molecule has 0 aliphatic carbocycles. The summed E-state index contributed by atoms with van der Waals surface area (Å²) in [5.41, 5.74) is 3.04. The SMILES string of the molecule is CCc1nnc(Sc2nnc(-c3ccoc3C)n2N)c(C#N)c1CC. The van der Waals surface area contributed by atoms with Gasteiger partial charge < -0.3 is 10.3 Å². The molecule has 2 N–H and O–H groups in total.